The largest absolute Gasteiger partial charge is 0.475 e. The van der Waals surface area contributed by atoms with Crippen LogP contribution in [0.5, 0.6) is 0 Å². The maximum atomic E-state index is 13.2. The van der Waals surface area contributed by atoms with Crippen LogP contribution in [0.1, 0.15) is 32.8 Å². The molecule has 0 bridgehead atoms. The monoisotopic (exact) mass is 353 g/mol. The lowest BCUT2D eigenvalue weighted by Gasteiger charge is -2.33. The summed E-state index contributed by atoms with van der Waals surface area (Å²) in [4.78, 5) is 24.8. The van der Waals surface area contributed by atoms with Crippen LogP contribution >= 0.6 is 11.6 Å². The minimum atomic E-state index is -1.24. The molecule has 0 spiro atoms. The summed E-state index contributed by atoms with van der Waals surface area (Å²) in [6.07, 6.45) is -0.496. The Bertz CT molecular complexity index is 791. The number of carbonyl (C=O) groups is 2. The first kappa shape index (κ1) is 16.5. The first-order valence-electron chi connectivity index (χ1n) is 7.14. The third-order valence-corrected chi connectivity index (χ3v) is 4.02. The summed E-state index contributed by atoms with van der Waals surface area (Å²) in [6.45, 7) is 0.807. The van der Waals surface area contributed by atoms with Crippen LogP contribution in [0.25, 0.3) is 0 Å². The molecule has 1 amide bonds. The zero-order chi connectivity index (χ0) is 17.3. The molecular weight excluding hydrogens is 341 g/mol. The number of nitrogens with zero attached hydrogens (tertiary/aromatic N) is 1. The highest BCUT2D eigenvalue weighted by Gasteiger charge is 2.29. The Hall–Kier alpha value is -2.38. The molecule has 0 radical (unpaired) electrons. The number of hydrogen-bond donors (Lipinski definition) is 1. The molecule has 0 aliphatic carbocycles. The van der Waals surface area contributed by atoms with Crippen molar-refractivity contribution in [3.8, 4) is 0 Å². The van der Waals surface area contributed by atoms with E-state index in [-0.39, 0.29) is 29.7 Å². The Balaban J connectivity index is 1.77. The molecule has 1 aromatic carbocycles. The second-order valence-electron chi connectivity index (χ2n) is 5.25. The van der Waals surface area contributed by atoms with E-state index in [1.165, 1.54) is 35.2 Å². The predicted octanol–water partition coefficient (Wildman–Crippen LogP) is 2.98. The van der Waals surface area contributed by atoms with Gasteiger partial charge in [-0.2, -0.15) is 0 Å². The Labute approximate surface area is 141 Å². The summed E-state index contributed by atoms with van der Waals surface area (Å²) in [5.74, 6) is -2.49. The quantitative estimate of drug-likeness (QED) is 0.917. The van der Waals surface area contributed by atoms with Gasteiger partial charge in [-0.15, -0.1) is 0 Å². The van der Waals surface area contributed by atoms with Crippen molar-refractivity contribution < 1.29 is 28.2 Å². The molecule has 126 valence electrons. The number of carbonyl (C=O) groups excluding carboxylic acids is 1. The van der Waals surface area contributed by atoms with Gasteiger partial charge in [0.25, 0.3) is 5.91 Å². The third-order valence-electron chi connectivity index (χ3n) is 3.69. The van der Waals surface area contributed by atoms with Crippen LogP contribution in [0, 0.1) is 5.82 Å². The summed E-state index contributed by atoms with van der Waals surface area (Å²) < 4.78 is 23.8. The maximum Gasteiger partial charge on any atom is 0.371 e. The number of amides is 1. The summed E-state index contributed by atoms with van der Waals surface area (Å²) in [5, 5.41) is 9.07. The Morgan fingerprint density at radius 1 is 1.25 bits per heavy atom. The van der Waals surface area contributed by atoms with E-state index >= 15 is 0 Å². The molecule has 1 saturated heterocycles. The van der Waals surface area contributed by atoms with E-state index in [4.69, 9.17) is 25.9 Å². The fourth-order valence-electron chi connectivity index (χ4n) is 2.51. The van der Waals surface area contributed by atoms with Crippen LogP contribution < -0.4 is 0 Å². The number of hydrogen-bond acceptors (Lipinski definition) is 4. The number of aromatic carboxylic acids is 1. The highest BCUT2D eigenvalue weighted by molar-refractivity contribution is 6.31. The summed E-state index contributed by atoms with van der Waals surface area (Å²) >= 11 is 6.04. The van der Waals surface area contributed by atoms with Gasteiger partial charge in [0.2, 0.25) is 5.76 Å². The Morgan fingerprint density at radius 3 is 2.67 bits per heavy atom. The number of rotatable bonds is 3. The smallest absolute Gasteiger partial charge is 0.371 e. The summed E-state index contributed by atoms with van der Waals surface area (Å²) in [5.41, 5.74) is 0.584. The molecule has 24 heavy (non-hydrogen) atoms. The van der Waals surface area contributed by atoms with Crippen molar-refractivity contribution >= 4 is 23.5 Å². The van der Waals surface area contributed by atoms with Crippen LogP contribution in [0.4, 0.5) is 4.39 Å². The van der Waals surface area contributed by atoms with E-state index in [0.717, 1.165) is 0 Å². The van der Waals surface area contributed by atoms with Gasteiger partial charge >= 0.3 is 5.97 Å². The van der Waals surface area contributed by atoms with Gasteiger partial charge in [0.05, 0.1) is 13.2 Å². The molecule has 2 heterocycles. The molecule has 1 fully saturated rings. The topological polar surface area (TPSA) is 80.0 Å². The molecule has 2 aromatic rings. The lowest BCUT2D eigenvalue weighted by atomic mass is 10.1. The molecule has 8 heteroatoms. The zero-order valence-corrected chi connectivity index (χ0v) is 13.1. The standard InChI is InChI=1S/C16H13ClFNO5/c17-11-7-9(18)1-2-10(11)14-8-19(5-6-23-14)15(20)12-3-4-13(24-12)16(21)22/h1-4,7,14H,5-6,8H2,(H,21,22). The van der Waals surface area contributed by atoms with Crippen LogP contribution in [-0.4, -0.2) is 41.6 Å². The van der Waals surface area contributed by atoms with Crippen LogP contribution in [0.2, 0.25) is 5.02 Å². The highest BCUT2D eigenvalue weighted by atomic mass is 35.5. The Kier molecular flexibility index (Phi) is 4.55. The molecule has 0 saturated carbocycles. The summed E-state index contributed by atoms with van der Waals surface area (Å²) in [7, 11) is 0. The van der Waals surface area contributed by atoms with Crippen molar-refractivity contribution in [1.82, 2.24) is 4.90 Å². The molecule has 6 nitrogen and oxygen atoms in total. The lowest BCUT2D eigenvalue weighted by Crippen LogP contribution is -2.42. The minimum absolute atomic E-state index is 0.0572. The van der Waals surface area contributed by atoms with Crippen molar-refractivity contribution in [1.29, 1.82) is 0 Å². The number of furan rings is 1. The van der Waals surface area contributed by atoms with Crippen LogP contribution in [0.15, 0.2) is 34.7 Å². The molecular formula is C16H13ClFNO5. The molecule has 1 aliphatic rings. The molecule has 1 N–H and O–H groups in total. The molecule has 1 aromatic heterocycles. The average Bonchev–Trinajstić information content (AvgIpc) is 3.04. The maximum absolute atomic E-state index is 13.2. The van der Waals surface area contributed by atoms with E-state index in [0.29, 0.717) is 12.1 Å². The van der Waals surface area contributed by atoms with Crippen molar-refractivity contribution in [2.45, 2.75) is 6.10 Å². The zero-order valence-electron chi connectivity index (χ0n) is 12.4. The van der Waals surface area contributed by atoms with Crippen molar-refractivity contribution in [2.75, 3.05) is 19.7 Å². The van der Waals surface area contributed by atoms with Gasteiger partial charge in [0, 0.05) is 17.1 Å². The first-order valence-corrected chi connectivity index (χ1v) is 7.52. The van der Waals surface area contributed by atoms with E-state index in [9.17, 15) is 14.0 Å². The third kappa shape index (κ3) is 3.27. The second kappa shape index (κ2) is 6.62. The van der Waals surface area contributed by atoms with E-state index in [2.05, 4.69) is 0 Å². The van der Waals surface area contributed by atoms with E-state index < -0.39 is 23.8 Å². The van der Waals surface area contributed by atoms with Gasteiger partial charge in [-0.1, -0.05) is 17.7 Å². The summed E-state index contributed by atoms with van der Waals surface area (Å²) in [6, 6.07) is 6.53. The second-order valence-corrected chi connectivity index (χ2v) is 5.65. The lowest BCUT2D eigenvalue weighted by molar-refractivity contribution is -0.0238. The normalized spacial score (nSPS) is 17.8. The molecule has 3 rings (SSSR count). The van der Waals surface area contributed by atoms with Gasteiger partial charge < -0.3 is 19.2 Å². The predicted molar refractivity (Wildman–Crippen MR) is 81.7 cm³/mol. The SMILES string of the molecule is O=C(O)c1ccc(C(=O)N2CCOC(c3ccc(F)cc3Cl)C2)o1. The van der Waals surface area contributed by atoms with Gasteiger partial charge in [-0.25, -0.2) is 9.18 Å². The fourth-order valence-corrected chi connectivity index (χ4v) is 2.80. The average molecular weight is 354 g/mol. The van der Waals surface area contributed by atoms with Gasteiger partial charge in [-0.3, -0.25) is 4.79 Å². The molecule has 1 atom stereocenters. The highest BCUT2D eigenvalue weighted by Crippen LogP contribution is 2.29. The van der Waals surface area contributed by atoms with Crippen molar-refractivity contribution in [3.05, 3.63) is 58.3 Å². The van der Waals surface area contributed by atoms with Gasteiger partial charge in [0.1, 0.15) is 11.9 Å². The number of morpholine rings is 1. The fraction of sp³-hybridized carbons (Fsp3) is 0.250. The Morgan fingerprint density at radius 2 is 2.00 bits per heavy atom. The number of benzene rings is 1. The first-order chi connectivity index (χ1) is 11.5. The number of ether oxygens (including phenoxy) is 1. The van der Waals surface area contributed by atoms with Crippen LogP contribution in [0.3, 0.4) is 0 Å². The van der Waals surface area contributed by atoms with Gasteiger partial charge in [0.15, 0.2) is 5.76 Å². The van der Waals surface area contributed by atoms with E-state index in [1.807, 2.05) is 0 Å². The number of carboxylic acid groups (broad SMARTS) is 1. The van der Waals surface area contributed by atoms with Crippen LogP contribution in [-0.2, 0) is 4.74 Å². The number of halogens is 2. The molecule has 1 unspecified atom stereocenters. The van der Waals surface area contributed by atoms with Crippen molar-refractivity contribution in [2.24, 2.45) is 0 Å². The van der Waals surface area contributed by atoms with E-state index in [1.54, 1.807) is 0 Å². The van der Waals surface area contributed by atoms with Gasteiger partial charge in [-0.05, 0) is 24.3 Å². The molecule has 1 aliphatic heterocycles. The number of carboxylic acids is 1. The van der Waals surface area contributed by atoms with Crippen molar-refractivity contribution in [3.63, 3.8) is 0 Å². The minimum Gasteiger partial charge on any atom is -0.475 e.